The van der Waals surface area contributed by atoms with Crippen molar-refractivity contribution in [3.63, 3.8) is 0 Å². The van der Waals surface area contributed by atoms with Gasteiger partial charge in [0.2, 0.25) is 0 Å². The molecule has 0 N–H and O–H groups in total. The van der Waals surface area contributed by atoms with Gasteiger partial charge in [-0.25, -0.2) is 9.48 Å². The van der Waals surface area contributed by atoms with Gasteiger partial charge in [-0.2, -0.15) is 0 Å². The van der Waals surface area contributed by atoms with Gasteiger partial charge in [0.1, 0.15) is 6.54 Å². The Morgan fingerprint density at radius 3 is 2.56 bits per heavy atom. The Bertz CT molecular complexity index is 376. The molecular formula is C8H12N4O4. The molecule has 0 fully saturated rings. The van der Waals surface area contributed by atoms with Crippen LogP contribution < -0.4 is 0 Å². The van der Waals surface area contributed by atoms with Crippen molar-refractivity contribution in [1.29, 1.82) is 0 Å². The number of aromatic nitrogens is 4. The van der Waals surface area contributed by atoms with Crippen molar-refractivity contribution >= 4 is 11.9 Å². The van der Waals surface area contributed by atoms with E-state index in [2.05, 4.69) is 15.5 Å². The second kappa shape index (κ2) is 5.79. The summed E-state index contributed by atoms with van der Waals surface area (Å²) in [5, 5.41) is 10.3. The molecule has 1 aromatic rings. The molecule has 1 rings (SSSR count). The fourth-order valence-corrected chi connectivity index (χ4v) is 0.982. The van der Waals surface area contributed by atoms with Crippen LogP contribution in [0.5, 0.6) is 0 Å². The molecule has 0 spiro atoms. The molecule has 0 saturated carbocycles. The molecule has 88 valence electrons. The predicted molar refractivity (Wildman–Crippen MR) is 50.4 cm³/mol. The number of nitrogens with zero attached hydrogens (tertiary/aromatic N) is 4. The Morgan fingerprint density at radius 1 is 1.25 bits per heavy atom. The minimum atomic E-state index is -0.670. The SMILES string of the molecule is CCOC(=O)Cn1nnnc1C(=O)OCC. The zero-order valence-electron chi connectivity index (χ0n) is 9.04. The average Bonchev–Trinajstić information content (AvgIpc) is 2.66. The van der Waals surface area contributed by atoms with Gasteiger partial charge >= 0.3 is 11.9 Å². The van der Waals surface area contributed by atoms with E-state index >= 15 is 0 Å². The molecule has 8 heteroatoms. The van der Waals surface area contributed by atoms with E-state index in [1.807, 2.05) is 0 Å². The van der Waals surface area contributed by atoms with Crippen LogP contribution >= 0.6 is 0 Å². The molecule has 16 heavy (non-hydrogen) atoms. The van der Waals surface area contributed by atoms with Crippen LogP contribution in [-0.2, 0) is 20.8 Å². The zero-order chi connectivity index (χ0) is 12.0. The molecule has 0 aliphatic rings. The highest BCUT2D eigenvalue weighted by molar-refractivity contribution is 5.85. The summed E-state index contributed by atoms with van der Waals surface area (Å²) >= 11 is 0. The summed E-state index contributed by atoms with van der Waals surface area (Å²) in [6.45, 7) is 3.61. The van der Waals surface area contributed by atoms with Gasteiger partial charge in [-0.3, -0.25) is 4.79 Å². The first-order valence-electron chi connectivity index (χ1n) is 4.78. The molecule has 0 aromatic carbocycles. The van der Waals surface area contributed by atoms with Crippen LogP contribution in [0.15, 0.2) is 0 Å². The van der Waals surface area contributed by atoms with E-state index in [0.717, 1.165) is 4.68 Å². The Kier molecular flexibility index (Phi) is 4.37. The third-order valence-electron chi connectivity index (χ3n) is 1.57. The summed E-state index contributed by atoms with van der Waals surface area (Å²) in [6.07, 6.45) is 0. The second-order valence-corrected chi connectivity index (χ2v) is 2.69. The van der Waals surface area contributed by atoms with Crippen molar-refractivity contribution in [3.05, 3.63) is 5.82 Å². The minimum absolute atomic E-state index is 0.116. The van der Waals surface area contributed by atoms with Crippen molar-refractivity contribution in [3.8, 4) is 0 Å². The first-order chi connectivity index (χ1) is 7.69. The largest absolute Gasteiger partial charge is 0.465 e. The van der Waals surface area contributed by atoms with Gasteiger partial charge in [0.25, 0.3) is 5.82 Å². The summed E-state index contributed by atoms with van der Waals surface area (Å²) in [5.74, 6) is -1.30. The topological polar surface area (TPSA) is 96.2 Å². The van der Waals surface area contributed by atoms with E-state index in [9.17, 15) is 9.59 Å². The molecule has 0 saturated heterocycles. The van der Waals surface area contributed by atoms with Crippen LogP contribution in [0, 0.1) is 0 Å². The van der Waals surface area contributed by atoms with Gasteiger partial charge in [0.15, 0.2) is 0 Å². The van der Waals surface area contributed by atoms with Crippen LogP contribution in [-0.4, -0.2) is 45.4 Å². The van der Waals surface area contributed by atoms with Gasteiger partial charge in [0, 0.05) is 0 Å². The lowest BCUT2D eigenvalue weighted by molar-refractivity contribution is -0.144. The van der Waals surface area contributed by atoms with E-state index in [4.69, 9.17) is 9.47 Å². The molecule has 8 nitrogen and oxygen atoms in total. The highest BCUT2D eigenvalue weighted by Gasteiger charge is 2.18. The molecule has 0 aliphatic heterocycles. The molecule has 0 aliphatic carbocycles. The van der Waals surface area contributed by atoms with Crippen LogP contribution in [0.1, 0.15) is 24.5 Å². The lowest BCUT2D eigenvalue weighted by atomic mass is 10.5. The number of hydrogen-bond acceptors (Lipinski definition) is 7. The number of ether oxygens (including phenoxy) is 2. The molecule has 0 amide bonds. The first kappa shape index (κ1) is 12.1. The molecule has 0 atom stereocenters. The van der Waals surface area contributed by atoms with Gasteiger partial charge in [-0.15, -0.1) is 5.10 Å². The molecule has 1 heterocycles. The Hall–Kier alpha value is -1.99. The van der Waals surface area contributed by atoms with Crippen molar-refractivity contribution in [2.75, 3.05) is 13.2 Å². The summed E-state index contributed by atoms with van der Waals surface area (Å²) < 4.78 is 10.5. The maximum Gasteiger partial charge on any atom is 0.378 e. The third-order valence-corrected chi connectivity index (χ3v) is 1.57. The van der Waals surface area contributed by atoms with Crippen molar-refractivity contribution in [1.82, 2.24) is 20.2 Å². The molecule has 0 bridgehead atoms. The maximum absolute atomic E-state index is 11.3. The number of carbonyl (C=O) groups excluding carboxylic acids is 2. The lowest BCUT2D eigenvalue weighted by Crippen LogP contribution is -2.20. The lowest BCUT2D eigenvalue weighted by Gasteiger charge is -2.03. The van der Waals surface area contributed by atoms with Crippen LogP contribution in [0.25, 0.3) is 0 Å². The van der Waals surface area contributed by atoms with Gasteiger partial charge in [-0.05, 0) is 24.3 Å². The van der Waals surface area contributed by atoms with Crippen molar-refractivity contribution < 1.29 is 19.1 Å². The molecular weight excluding hydrogens is 216 g/mol. The Balaban J connectivity index is 2.70. The molecule has 0 unspecified atom stereocenters. The quantitative estimate of drug-likeness (QED) is 0.621. The van der Waals surface area contributed by atoms with Crippen LogP contribution in [0.2, 0.25) is 0 Å². The monoisotopic (exact) mass is 228 g/mol. The van der Waals surface area contributed by atoms with Crippen LogP contribution in [0.4, 0.5) is 0 Å². The Morgan fingerprint density at radius 2 is 1.94 bits per heavy atom. The smallest absolute Gasteiger partial charge is 0.378 e. The van der Waals surface area contributed by atoms with E-state index in [1.54, 1.807) is 13.8 Å². The second-order valence-electron chi connectivity index (χ2n) is 2.69. The van der Waals surface area contributed by atoms with Crippen molar-refractivity contribution in [2.24, 2.45) is 0 Å². The molecule has 1 aromatic heterocycles. The standard InChI is InChI=1S/C8H12N4O4/c1-3-15-6(13)5-12-7(9-10-11-12)8(14)16-4-2/h3-5H2,1-2H3. The van der Waals surface area contributed by atoms with E-state index in [1.165, 1.54) is 0 Å². The fourth-order valence-electron chi connectivity index (χ4n) is 0.982. The van der Waals surface area contributed by atoms with Crippen LogP contribution in [0.3, 0.4) is 0 Å². The van der Waals surface area contributed by atoms with E-state index in [-0.39, 0.29) is 25.6 Å². The first-order valence-corrected chi connectivity index (χ1v) is 4.78. The number of carbonyl (C=O) groups is 2. The maximum atomic E-state index is 11.3. The number of tetrazole rings is 1. The number of esters is 2. The van der Waals surface area contributed by atoms with Gasteiger partial charge in [0.05, 0.1) is 13.2 Å². The van der Waals surface area contributed by atoms with Crippen molar-refractivity contribution in [2.45, 2.75) is 20.4 Å². The summed E-state index contributed by atoms with van der Waals surface area (Å²) in [7, 11) is 0. The summed E-state index contributed by atoms with van der Waals surface area (Å²) in [4.78, 5) is 22.5. The predicted octanol–water partition coefficient (Wildman–Crippen LogP) is -0.587. The average molecular weight is 228 g/mol. The van der Waals surface area contributed by atoms with E-state index in [0.29, 0.717) is 0 Å². The highest BCUT2D eigenvalue weighted by atomic mass is 16.5. The zero-order valence-corrected chi connectivity index (χ0v) is 9.04. The minimum Gasteiger partial charge on any atom is -0.465 e. The third kappa shape index (κ3) is 3.01. The summed E-state index contributed by atoms with van der Waals surface area (Å²) in [6, 6.07) is 0. The normalized spacial score (nSPS) is 9.88. The van der Waals surface area contributed by atoms with E-state index < -0.39 is 11.9 Å². The highest BCUT2D eigenvalue weighted by Crippen LogP contribution is 1.96. The number of hydrogen-bond donors (Lipinski definition) is 0. The molecule has 0 radical (unpaired) electrons. The number of rotatable bonds is 5. The summed E-state index contributed by atoms with van der Waals surface area (Å²) in [5.41, 5.74) is 0. The van der Waals surface area contributed by atoms with Gasteiger partial charge in [-0.1, -0.05) is 0 Å². The van der Waals surface area contributed by atoms with Gasteiger partial charge < -0.3 is 9.47 Å². The Labute approximate surface area is 91.5 Å². The fraction of sp³-hybridized carbons (Fsp3) is 0.625.